The van der Waals surface area contributed by atoms with E-state index >= 15 is 0 Å². The SMILES string of the molecule is CCn1cc(N[C@@H](C)C(=O)Nc2cccc(SC)c2)cn1. The monoisotopic (exact) mass is 304 g/mol. The number of thioether (sulfide) groups is 1. The molecule has 0 aliphatic rings. The van der Waals surface area contributed by atoms with Crippen molar-refractivity contribution in [2.45, 2.75) is 31.3 Å². The van der Waals surface area contributed by atoms with Gasteiger partial charge >= 0.3 is 0 Å². The number of amides is 1. The minimum atomic E-state index is -0.336. The number of aryl methyl sites for hydroxylation is 1. The molecule has 1 atom stereocenters. The van der Waals surface area contributed by atoms with Gasteiger partial charge in [0, 0.05) is 23.3 Å². The number of nitrogens with zero attached hydrogens (tertiary/aromatic N) is 2. The van der Waals surface area contributed by atoms with Crippen LogP contribution in [0.25, 0.3) is 0 Å². The Morgan fingerprint density at radius 3 is 2.90 bits per heavy atom. The molecule has 112 valence electrons. The third-order valence-electron chi connectivity index (χ3n) is 3.07. The Hall–Kier alpha value is -1.95. The van der Waals surface area contributed by atoms with E-state index in [1.54, 1.807) is 18.0 Å². The van der Waals surface area contributed by atoms with Crippen molar-refractivity contribution in [3.8, 4) is 0 Å². The molecule has 5 nitrogen and oxygen atoms in total. The summed E-state index contributed by atoms with van der Waals surface area (Å²) in [6, 6.07) is 7.47. The zero-order valence-corrected chi connectivity index (χ0v) is 13.3. The van der Waals surface area contributed by atoms with Crippen LogP contribution in [0.2, 0.25) is 0 Å². The van der Waals surface area contributed by atoms with Gasteiger partial charge in [-0.2, -0.15) is 5.10 Å². The number of anilines is 2. The van der Waals surface area contributed by atoms with Gasteiger partial charge in [-0.1, -0.05) is 6.07 Å². The molecule has 0 aliphatic carbocycles. The molecule has 1 aromatic carbocycles. The number of carbonyl (C=O) groups excluding carboxylic acids is 1. The molecule has 0 bridgehead atoms. The van der Waals surface area contributed by atoms with Crippen LogP contribution in [0.1, 0.15) is 13.8 Å². The van der Waals surface area contributed by atoms with Crippen LogP contribution in [-0.4, -0.2) is 28.0 Å². The van der Waals surface area contributed by atoms with Gasteiger partial charge in [-0.15, -0.1) is 11.8 Å². The van der Waals surface area contributed by atoms with E-state index < -0.39 is 0 Å². The molecule has 2 aromatic rings. The molecule has 0 spiro atoms. The van der Waals surface area contributed by atoms with Gasteiger partial charge in [0.05, 0.1) is 11.9 Å². The quantitative estimate of drug-likeness (QED) is 0.805. The minimum absolute atomic E-state index is 0.0718. The smallest absolute Gasteiger partial charge is 0.246 e. The van der Waals surface area contributed by atoms with Gasteiger partial charge in [-0.25, -0.2) is 0 Å². The Labute approximate surface area is 129 Å². The highest BCUT2D eigenvalue weighted by atomic mass is 32.2. The average Bonchev–Trinajstić information content (AvgIpc) is 2.95. The van der Waals surface area contributed by atoms with Gasteiger partial charge < -0.3 is 10.6 Å². The molecular weight excluding hydrogens is 284 g/mol. The Morgan fingerprint density at radius 2 is 2.24 bits per heavy atom. The van der Waals surface area contributed by atoms with Gasteiger partial charge in [-0.3, -0.25) is 9.48 Å². The highest BCUT2D eigenvalue weighted by molar-refractivity contribution is 7.98. The second-order valence-electron chi connectivity index (χ2n) is 4.67. The zero-order valence-electron chi connectivity index (χ0n) is 12.5. The molecule has 0 saturated carbocycles. The molecule has 0 saturated heterocycles. The van der Waals surface area contributed by atoms with Crippen molar-refractivity contribution < 1.29 is 4.79 Å². The predicted octanol–water partition coefficient (Wildman–Crippen LogP) is 3.06. The fraction of sp³-hybridized carbons (Fsp3) is 0.333. The van der Waals surface area contributed by atoms with Crippen LogP contribution in [0.15, 0.2) is 41.6 Å². The lowest BCUT2D eigenvalue weighted by molar-refractivity contribution is -0.116. The first-order chi connectivity index (χ1) is 10.1. The van der Waals surface area contributed by atoms with Crippen LogP contribution in [0.3, 0.4) is 0 Å². The summed E-state index contributed by atoms with van der Waals surface area (Å²) >= 11 is 1.65. The topological polar surface area (TPSA) is 59.0 Å². The van der Waals surface area contributed by atoms with E-state index in [1.165, 1.54) is 0 Å². The standard InChI is InChI=1S/C15H20N4OS/c1-4-19-10-13(9-16-19)17-11(2)15(20)18-12-6-5-7-14(8-12)21-3/h5-11,17H,4H2,1-3H3,(H,18,20)/t11-/m0/s1. The van der Waals surface area contributed by atoms with Crippen molar-refractivity contribution in [3.63, 3.8) is 0 Å². The Kier molecular flexibility index (Phi) is 5.27. The maximum Gasteiger partial charge on any atom is 0.246 e. The van der Waals surface area contributed by atoms with Crippen LogP contribution < -0.4 is 10.6 Å². The molecule has 2 N–H and O–H groups in total. The van der Waals surface area contributed by atoms with Gasteiger partial charge in [-0.05, 0) is 38.3 Å². The third kappa shape index (κ3) is 4.26. The van der Waals surface area contributed by atoms with Crippen LogP contribution in [-0.2, 0) is 11.3 Å². The van der Waals surface area contributed by atoms with Crippen molar-refractivity contribution in [2.75, 3.05) is 16.9 Å². The number of carbonyl (C=O) groups is 1. The summed E-state index contributed by atoms with van der Waals surface area (Å²) < 4.78 is 1.81. The predicted molar refractivity (Wildman–Crippen MR) is 87.8 cm³/mol. The normalized spacial score (nSPS) is 12.0. The number of benzene rings is 1. The van der Waals surface area contributed by atoms with E-state index in [4.69, 9.17) is 0 Å². The second kappa shape index (κ2) is 7.17. The lowest BCUT2D eigenvalue weighted by Gasteiger charge is -2.14. The Bertz CT molecular complexity index is 611. The van der Waals surface area contributed by atoms with Crippen molar-refractivity contribution in [1.29, 1.82) is 0 Å². The summed E-state index contributed by atoms with van der Waals surface area (Å²) in [7, 11) is 0. The maximum absolute atomic E-state index is 12.2. The third-order valence-corrected chi connectivity index (χ3v) is 3.80. The number of hydrogen-bond acceptors (Lipinski definition) is 4. The molecule has 21 heavy (non-hydrogen) atoms. The largest absolute Gasteiger partial charge is 0.371 e. The lowest BCUT2D eigenvalue weighted by Crippen LogP contribution is -2.31. The van der Waals surface area contributed by atoms with Crippen LogP contribution in [0, 0.1) is 0 Å². The van der Waals surface area contributed by atoms with Crippen LogP contribution >= 0.6 is 11.8 Å². The van der Waals surface area contributed by atoms with Crippen molar-refractivity contribution in [2.24, 2.45) is 0 Å². The van der Waals surface area contributed by atoms with Gasteiger partial charge in [0.25, 0.3) is 0 Å². The molecule has 0 fully saturated rings. The minimum Gasteiger partial charge on any atom is -0.371 e. The zero-order chi connectivity index (χ0) is 15.2. The van der Waals surface area contributed by atoms with Gasteiger partial charge in [0.15, 0.2) is 0 Å². The molecule has 6 heteroatoms. The summed E-state index contributed by atoms with van der Waals surface area (Å²) in [5.41, 5.74) is 1.65. The Balaban J connectivity index is 1.95. The van der Waals surface area contributed by atoms with Crippen LogP contribution in [0.5, 0.6) is 0 Å². The van der Waals surface area contributed by atoms with E-state index in [1.807, 2.05) is 55.2 Å². The molecule has 2 rings (SSSR count). The first-order valence-electron chi connectivity index (χ1n) is 6.86. The van der Waals surface area contributed by atoms with E-state index in [2.05, 4.69) is 15.7 Å². The highest BCUT2D eigenvalue weighted by Crippen LogP contribution is 2.19. The van der Waals surface area contributed by atoms with Crippen molar-refractivity contribution >= 4 is 29.0 Å². The van der Waals surface area contributed by atoms with Gasteiger partial charge in [0.1, 0.15) is 6.04 Å². The fourth-order valence-corrected chi connectivity index (χ4v) is 2.34. The summed E-state index contributed by atoms with van der Waals surface area (Å²) in [6.45, 7) is 4.66. The van der Waals surface area contributed by atoms with Crippen LogP contribution in [0.4, 0.5) is 11.4 Å². The highest BCUT2D eigenvalue weighted by Gasteiger charge is 2.13. The summed E-state index contributed by atoms with van der Waals surface area (Å²) in [6.07, 6.45) is 5.62. The lowest BCUT2D eigenvalue weighted by atomic mass is 10.2. The van der Waals surface area contributed by atoms with E-state index in [-0.39, 0.29) is 11.9 Å². The van der Waals surface area contributed by atoms with E-state index in [0.29, 0.717) is 0 Å². The fourth-order valence-electron chi connectivity index (χ4n) is 1.88. The molecule has 0 aliphatic heterocycles. The molecule has 1 aromatic heterocycles. The summed E-state index contributed by atoms with van der Waals surface area (Å²) in [5, 5.41) is 10.2. The van der Waals surface area contributed by atoms with E-state index in [0.717, 1.165) is 22.8 Å². The van der Waals surface area contributed by atoms with Crippen molar-refractivity contribution in [3.05, 3.63) is 36.7 Å². The first kappa shape index (κ1) is 15.4. The summed E-state index contributed by atoms with van der Waals surface area (Å²) in [5.74, 6) is -0.0718. The summed E-state index contributed by atoms with van der Waals surface area (Å²) in [4.78, 5) is 13.3. The van der Waals surface area contributed by atoms with Crippen molar-refractivity contribution in [1.82, 2.24) is 9.78 Å². The Morgan fingerprint density at radius 1 is 1.43 bits per heavy atom. The number of rotatable bonds is 6. The molecule has 0 unspecified atom stereocenters. The average molecular weight is 304 g/mol. The molecule has 1 amide bonds. The second-order valence-corrected chi connectivity index (χ2v) is 5.55. The number of aromatic nitrogens is 2. The van der Waals surface area contributed by atoms with Gasteiger partial charge in [0.2, 0.25) is 5.91 Å². The molecule has 1 heterocycles. The number of hydrogen-bond donors (Lipinski definition) is 2. The molecule has 0 radical (unpaired) electrons. The molecular formula is C15H20N4OS. The van der Waals surface area contributed by atoms with E-state index in [9.17, 15) is 4.79 Å². The number of nitrogens with one attached hydrogen (secondary N) is 2. The maximum atomic E-state index is 12.2. The first-order valence-corrected chi connectivity index (χ1v) is 8.08.